The van der Waals surface area contributed by atoms with Crippen LogP contribution in [0.1, 0.15) is 47.6 Å². The van der Waals surface area contributed by atoms with Crippen LogP contribution in [0, 0.1) is 13.8 Å². The fourth-order valence-corrected chi connectivity index (χ4v) is 3.38. The lowest BCUT2D eigenvalue weighted by atomic mass is 9.87. The van der Waals surface area contributed by atoms with Crippen LogP contribution in [-0.2, 0) is 4.79 Å². The molecule has 1 saturated heterocycles. The van der Waals surface area contributed by atoms with E-state index in [1.54, 1.807) is 4.90 Å². The van der Waals surface area contributed by atoms with Crippen LogP contribution in [0.15, 0.2) is 10.5 Å². The highest BCUT2D eigenvalue weighted by Gasteiger charge is 2.40. The van der Waals surface area contributed by atoms with Crippen molar-refractivity contribution in [2.24, 2.45) is 0 Å². The molecule has 1 aliphatic heterocycles. The van der Waals surface area contributed by atoms with Crippen LogP contribution in [0.2, 0.25) is 0 Å². The number of amides is 2. The molecule has 1 aromatic rings. The van der Waals surface area contributed by atoms with Gasteiger partial charge in [-0.3, -0.25) is 9.59 Å². The monoisotopic (exact) mass is 276 g/mol. The molecule has 1 N–H and O–H groups in total. The minimum Gasteiger partial charge on any atom is -0.456 e. The predicted molar refractivity (Wildman–Crippen MR) is 73.4 cm³/mol. The molecular formula is C15H20N2O3. The minimum atomic E-state index is -0.151. The van der Waals surface area contributed by atoms with Crippen molar-refractivity contribution >= 4 is 11.8 Å². The van der Waals surface area contributed by atoms with Crippen LogP contribution in [0.3, 0.4) is 0 Å². The number of nitrogens with one attached hydrogen (secondary N) is 1. The van der Waals surface area contributed by atoms with Crippen molar-refractivity contribution in [2.75, 3.05) is 6.54 Å². The van der Waals surface area contributed by atoms with E-state index in [4.69, 9.17) is 4.42 Å². The van der Waals surface area contributed by atoms with Crippen molar-refractivity contribution in [3.8, 4) is 0 Å². The summed E-state index contributed by atoms with van der Waals surface area (Å²) in [6.07, 6.45) is 4.13. The summed E-state index contributed by atoms with van der Waals surface area (Å²) in [4.78, 5) is 26.2. The number of fused-ring (bicyclic) bond motifs is 1. The van der Waals surface area contributed by atoms with Gasteiger partial charge >= 0.3 is 0 Å². The molecule has 0 bridgehead atoms. The van der Waals surface area contributed by atoms with Gasteiger partial charge in [0.05, 0.1) is 6.04 Å². The molecule has 5 heteroatoms. The van der Waals surface area contributed by atoms with Gasteiger partial charge in [0.2, 0.25) is 5.91 Å². The normalized spacial score (nSPS) is 26.1. The molecule has 1 saturated carbocycles. The van der Waals surface area contributed by atoms with E-state index in [1.807, 2.05) is 19.9 Å². The quantitative estimate of drug-likeness (QED) is 0.850. The number of furan rings is 1. The number of hydrogen-bond donors (Lipinski definition) is 1. The largest absolute Gasteiger partial charge is 0.456 e. The highest BCUT2D eigenvalue weighted by molar-refractivity contribution is 5.96. The van der Waals surface area contributed by atoms with Gasteiger partial charge in [0, 0.05) is 11.6 Å². The summed E-state index contributed by atoms with van der Waals surface area (Å²) < 4.78 is 5.52. The molecule has 3 rings (SSSR count). The Morgan fingerprint density at radius 1 is 1.35 bits per heavy atom. The van der Waals surface area contributed by atoms with Crippen LogP contribution >= 0.6 is 0 Å². The first kappa shape index (κ1) is 13.2. The van der Waals surface area contributed by atoms with Crippen molar-refractivity contribution in [1.82, 2.24) is 10.2 Å². The van der Waals surface area contributed by atoms with E-state index in [9.17, 15) is 9.59 Å². The Morgan fingerprint density at radius 2 is 2.10 bits per heavy atom. The van der Waals surface area contributed by atoms with Gasteiger partial charge in [-0.05, 0) is 32.8 Å². The lowest BCUT2D eigenvalue weighted by Gasteiger charge is -2.43. The first-order valence-corrected chi connectivity index (χ1v) is 7.23. The Balaban J connectivity index is 1.88. The molecule has 1 aliphatic carbocycles. The number of carbonyl (C=O) groups excluding carboxylic acids is 2. The Morgan fingerprint density at radius 3 is 2.80 bits per heavy atom. The van der Waals surface area contributed by atoms with E-state index in [2.05, 4.69) is 5.32 Å². The van der Waals surface area contributed by atoms with Gasteiger partial charge in [-0.15, -0.1) is 0 Å². The Bertz CT molecular complexity index is 549. The van der Waals surface area contributed by atoms with Crippen LogP contribution in [0.25, 0.3) is 0 Å². The number of carbonyl (C=O) groups is 2. The summed E-state index contributed by atoms with van der Waals surface area (Å²) in [7, 11) is 0. The van der Waals surface area contributed by atoms with E-state index in [-0.39, 0.29) is 30.4 Å². The third-order valence-electron chi connectivity index (χ3n) is 4.29. The van der Waals surface area contributed by atoms with Gasteiger partial charge in [-0.25, -0.2) is 0 Å². The standard InChI is InChI=1S/C15H20N2O3/c1-9-7-10(2)20-14(9)15(19)17-8-13(18)16-11-5-3-4-6-12(11)17/h7,11-12H,3-6,8H2,1-2H3,(H,16,18)/t11-,12-/m0/s1. The molecule has 0 unspecified atom stereocenters. The van der Waals surface area contributed by atoms with Crippen molar-refractivity contribution in [2.45, 2.75) is 51.6 Å². The molecule has 0 spiro atoms. The smallest absolute Gasteiger partial charge is 0.290 e. The van der Waals surface area contributed by atoms with Gasteiger partial charge in [-0.1, -0.05) is 12.8 Å². The average Bonchev–Trinajstić information content (AvgIpc) is 2.76. The molecule has 2 heterocycles. The topological polar surface area (TPSA) is 62.6 Å². The summed E-state index contributed by atoms with van der Waals surface area (Å²) in [6.45, 7) is 3.83. The molecule has 20 heavy (non-hydrogen) atoms. The molecule has 2 amide bonds. The predicted octanol–water partition coefficient (Wildman–Crippen LogP) is 1.78. The van der Waals surface area contributed by atoms with Crippen LogP contribution in [0.5, 0.6) is 0 Å². The maximum atomic E-state index is 12.7. The second kappa shape index (κ2) is 4.96. The van der Waals surface area contributed by atoms with Crippen molar-refractivity contribution < 1.29 is 14.0 Å². The molecule has 2 aliphatic rings. The molecule has 108 valence electrons. The van der Waals surface area contributed by atoms with Gasteiger partial charge in [-0.2, -0.15) is 0 Å². The van der Waals surface area contributed by atoms with Crippen LogP contribution in [-0.4, -0.2) is 35.3 Å². The Hall–Kier alpha value is -1.78. The summed E-state index contributed by atoms with van der Waals surface area (Å²) in [5.41, 5.74) is 0.839. The summed E-state index contributed by atoms with van der Waals surface area (Å²) in [5, 5.41) is 3.01. The second-order valence-corrected chi connectivity index (χ2v) is 5.83. The minimum absolute atomic E-state index is 0.0672. The van der Waals surface area contributed by atoms with E-state index in [0.717, 1.165) is 37.0 Å². The summed E-state index contributed by atoms with van der Waals surface area (Å²) >= 11 is 0. The van der Waals surface area contributed by atoms with Crippen LogP contribution < -0.4 is 5.32 Å². The molecule has 1 aromatic heterocycles. The average molecular weight is 276 g/mol. The SMILES string of the molecule is Cc1cc(C)c(C(=O)N2CC(=O)N[C@H]3CCCC[C@@H]32)o1. The van der Waals surface area contributed by atoms with Gasteiger partial charge in [0.25, 0.3) is 5.91 Å². The molecule has 0 radical (unpaired) electrons. The van der Waals surface area contributed by atoms with E-state index < -0.39 is 0 Å². The maximum Gasteiger partial charge on any atom is 0.290 e. The van der Waals surface area contributed by atoms with Crippen LogP contribution in [0.4, 0.5) is 0 Å². The Kier molecular flexibility index (Phi) is 3.28. The molecule has 2 atom stereocenters. The molecular weight excluding hydrogens is 256 g/mol. The number of hydrogen-bond acceptors (Lipinski definition) is 3. The number of nitrogens with zero attached hydrogens (tertiary/aromatic N) is 1. The number of aryl methyl sites for hydroxylation is 2. The first-order chi connectivity index (χ1) is 9.56. The summed E-state index contributed by atoms with van der Waals surface area (Å²) in [5.74, 6) is 0.888. The van der Waals surface area contributed by atoms with E-state index in [0.29, 0.717) is 5.76 Å². The van der Waals surface area contributed by atoms with Crippen molar-refractivity contribution in [1.29, 1.82) is 0 Å². The van der Waals surface area contributed by atoms with E-state index >= 15 is 0 Å². The first-order valence-electron chi connectivity index (χ1n) is 7.23. The second-order valence-electron chi connectivity index (χ2n) is 5.83. The lowest BCUT2D eigenvalue weighted by Crippen LogP contribution is -2.62. The van der Waals surface area contributed by atoms with Crippen molar-refractivity contribution in [3.05, 3.63) is 23.2 Å². The maximum absolute atomic E-state index is 12.7. The number of rotatable bonds is 1. The highest BCUT2D eigenvalue weighted by atomic mass is 16.4. The lowest BCUT2D eigenvalue weighted by molar-refractivity contribution is -0.127. The Labute approximate surface area is 118 Å². The molecule has 0 aromatic carbocycles. The zero-order valence-corrected chi connectivity index (χ0v) is 11.9. The fourth-order valence-electron chi connectivity index (χ4n) is 3.38. The van der Waals surface area contributed by atoms with Gasteiger partial charge in [0.1, 0.15) is 12.3 Å². The molecule has 5 nitrogen and oxygen atoms in total. The number of piperazine rings is 1. The fraction of sp³-hybridized carbons (Fsp3) is 0.600. The molecule has 2 fully saturated rings. The van der Waals surface area contributed by atoms with Crippen molar-refractivity contribution in [3.63, 3.8) is 0 Å². The zero-order valence-electron chi connectivity index (χ0n) is 11.9. The van der Waals surface area contributed by atoms with Gasteiger partial charge in [0.15, 0.2) is 5.76 Å². The third kappa shape index (κ3) is 2.21. The third-order valence-corrected chi connectivity index (χ3v) is 4.29. The zero-order chi connectivity index (χ0) is 14.3. The highest BCUT2D eigenvalue weighted by Crippen LogP contribution is 2.28. The summed E-state index contributed by atoms with van der Waals surface area (Å²) in [6, 6.07) is 2.07. The van der Waals surface area contributed by atoms with Gasteiger partial charge < -0.3 is 14.6 Å². The van der Waals surface area contributed by atoms with E-state index in [1.165, 1.54) is 0 Å².